The summed E-state index contributed by atoms with van der Waals surface area (Å²) in [6.45, 7) is 0.181. The topological polar surface area (TPSA) is 109 Å². The van der Waals surface area contributed by atoms with Crippen LogP contribution < -0.4 is 9.47 Å². The first kappa shape index (κ1) is 16.5. The van der Waals surface area contributed by atoms with Crippen LogP contribution in [-0.4, -0.2) is 46.9 Å². The number of likely N-dealkylation sites (tertiary alicyclic amines) is 1. The second-order valence-electron chi connectivity index (χ2n) is 6.30. The van der Waals surface area contributed by atoms with Crippen molar-refractivity contribution in [2.24, 2.45) is 5.92 Å². The van der Waals surface area contributed by atoms with Gasteiger partial charge in [0.25, 0.3) is 5.91 Å². The summed E-state index contributed by atoms with van der Waals surface area (Å²) < 4.78 is 15.9. The first-order valence-corrected chi connectivity index (χ1v) is 8.18. The largest absolute Gasteiger partial charge is 0.481 e. The summed E-state index contributed by atoms with van der Waals surface area (Å²) in [6, 6.07) is 8.33. The third-order valence-electron chi connectivity index (χ3n) is 4.78. The summed E-state index contributed by atoms with van der Waals surface area (Å²) in [5.74, 6) is -0.865. The zero-order valence-corrected chi connectivity index (χ0v) is 13.8. The molecule has 1 amide bonds. The van der Waals surface area contributed by atoms with E-state index in [1.165, 1.54) is 17.0 Å². The van der Waals surface area contributed by atoms with Gasteiger partial charge in [-0.05, 0) is 29.8 Å². The quantitative estimate of drug-likeness (QED) is 0.850. The Balaban J connectivity index is 1.59. The molecule has 2 atom stereocenters. The lowest BCUT2D eigenvalue weighted by atomic mass is 9.89. The fraction of sp³-hybridized carbons (Fsp3) is 0.333. The first-order valence-electron chi connectivity index (χ1n) is 8.18. The Morgan fingerprint density at radius 2 is 1.92 bits per heavy atom. The van der Waals surface area contributed by atoms with Crippen LogP contribution in [0.2, 0.25) is 0 Å². The maximum absolute atomic E-state index is 12.6. The minimum Gasteiger partial charge on any atom is -0.481 e. The van der Waals surface area contributed by atoms with Gasteiger partial charge in [0.15, 0.2) is 17.3 Å². The van der Waals surface area contributed by atoms with Gasteiger partial charge in [-0.1, -0.05) is 6.07 Å². The van der Waals surface area contributed by atoms with Crippen molar-refractivity contribution < 1.29 is 33.7 Å². The monoisotopic (exact) mass is 359 g/mol. The smallest absolute Gasteiger partial charge is 0.308 e. The molecule has 1 aromatic heterocycles. The number of benzene rings is 1. The molecule has 26 heavy (non-hydrogen) atoms. The lowest BCUT2D eigenvalue weighted by Gasteiger charge is -2.16. The zero-order valence-electron chi connectivity index (χ0n) is 13.8. The van der Waals surface area contributed by atoms with Gasteiger partial charge in [0.2, 0.25) is 6.79 Å². The van der Waals surface area contributed by atoms with Crippen molar-refractivity contribution in [1.29, 1.82) is 0 Å². The summed E-state index contributed by atoms with van der Waals surface area (Å²) in [6.07, 6.45) is 0. The van der Waals surface area contributed by atoms with Crippen molar-refractivity contribution in [2.45, 2.75) is 12.5 Å². The molecule has 4 rings (SSSR count). The molecule has 2 N–H and O–H groups in total. The number of aliphatic hydroxyl groups excluding tert-OH is 1. The van der Waals surface area contributed by atoms with Crippen LogP contribution >= 0.6 is 0 Å². The summed E-state index contributed by atoms with van der Waals surface area (Å²) >= 11 is 0. The zero-order chi connectivity index (χ0) is 18.3. The van der Waals surface area contributed by atoms with E-state index >= 15 is 0 Å². The first-order chi connectivity index (χ1) is 12.6. The molecule has 1 saturated heterocycles. The minimum atomic E-state index is -0.960. The molecule has 0 unspecified atom stereocenters. The van der Waals surface area contributed by atoms with Gasteiger partial charge in [0.05, 0.1) is 5.92 Å². The Bertz CT molecular complexity index is 859. The number of carbonyl (C=O) groups excluding carboxylic acids is 1. The van der Waals surface area contributed by atoms with E-state index < -0.39 is 11.9 Å². The molecule has 2 aliphatic heterocycles. The Hall–Kier alpha value is -3.00. The lowest BCUT2D eigenvalue weighted by molar-refractivity contribution is -0.141. The second kappa shape index (κ2) is 6.38. The average Bonchev–Trinajstić information content (AvgIpc) is 3.38. The van der Waals surface area contributed by atoms with Gasteiger partial charge in [-0.2, -0.15) is 0 Å². The number of aliphatic hydroxyl groups is 1. The second-order valence-corrected chi connectivity index (χ2v) is 6.30. The van der Waals surface area contributed by atoms with Crippen LogP contribution in [0.25, 0.3) is 0 Å². The van der Waals surface area contributed by atoms with Gasteiger partial charge < -0.3 is 29.0 Å². The number of amides is 1. The highest BCUT2D eigenvalue weighted by molar-refractivity contribution is 5.92. The van der Waals surface area contributed by atoms with E-state index in [0.29, 0.717) is 11.5 Å². The van der Waals surface area contributed by atoms with Crippen LogP contribution in [-0.2, 0) is 11.4 Å². The standard InChI is InChI=1S/C18H17NO7/c20-8-11-2-4-15(26-11)17(21)19-6-12(13(7-19)18(22)23)10-1-3-14-16(5-10)25-9-24-14/h1-5,12-13,20H,6-9H2,(H,22,23)/t12-,13+/m0/s1. The normalized spacial score (nSPS) is 21.2. The molecule has 2 aromatic rings. The van der Waals surface area contributed by atoms with Gasteiger partial charge in [-0.15, -0.1) is 0 Å². The number of furan rings is 1. The number of ether oxygens (including phenoxy) is 2. The summed E-state index contributed by atoms with van der Waals surface area (Å²) in [7, 11) is 0. The van der Waals surface area contributed by atoms with Crippen molar-refractivity contribution in [3.63, 3.8) is 0 Å². The van der Waals surface area contributed by atoms with E-state index in [9.17, 15) is 14.7 Å². The molecule has 0 aliphatic carbocycles. The van der Waals surface area contributed by atoms with Crippen LogP contribution in [0.15, 0.2) is 34.7 Å². The highest BCUT2D eigenvalue weighted by atomic mass is 16.7. The molecule has 0 saturated carbocycles. The number of rotatable bonds is 4. The molecule has 8 heteroatoms. The molecule has 0 bridgehead atoms. The number of fused-ring (bicyclic) bond motifs is 1. The molecule has 0 spiro atoms. The Morgan fingerprint density at radius 1 is 1.12 bits per heavy atom. The maximum atomic E-state index is 12.6. The maximum Gasteiger partial charge on any atom is 0.308 e. The molecule has 0 radical (unpaired) electrons. The fourth-order valence-corrected chi connectivity index (χ4v) is 3.44. The fourth-order valence-electron chi connectivity index (χ4n) is 3.44. The molecule has 2 aliphatic rings. The predicted octanol–water partition coefficient (Wildman–Crippen LogP) is 1.44. The van der Waals surface area contributed by atoms with Gasteiger partial charge >= 0.3 is 5.97 Å². The summed E-state index contributed by atoms with van der Waals surface area (Å²) in [4.78, 5) is 25.8. The highest BCUT2D eigenvalue weighted by Gasteiger charge is 2.41. The molecule has 1 aromatic carbocycles. The van der Waals surface area contributed by atoms with Gasteiger partial charge in [0.1, 0.15) is 12.4 Å². The van der Waals surface area contributed by atoms with Crippen molar-refractivity contribution >= 4 is 11.9 Å². The molecular weight excluding hydrogens is 342 g/mol. The highest BCUT2D eigenvalue weighted by Crippen LogP contribution is 2.39. The van der Waals surface area contributed by atoms with E-state index in [1.807, 2.05) is 0 Å². The van der Waals surface area contributed by atoms with Gasteiger partial charge in [-0.25, -0.2) is 0 Å². The van der Waals surface area contributed by atoms with Crippen LogP contribution in [0.4, 0.5) is 0 Å². The molecule has 1 fully saturated rings. The van der Waals surface area contributed by atoms with E-state index in [-0.39, 0.29) is 49.8 Å². The molecule has 3 heterocycles. The van der Waals surface area contributed by atoms with Gasteiger partial charge in [0, 0.05) is 19.0 Å². The Labute approximate surface area is 148 Å². The van der Waals surface area contributed by atoms with Crippen molar-refractivity contribution in [3.8, 4) is 11.5 Å². The van der Waals surface area contributed by atoms with E-state index in [0.717, 1.165) is 5.56 Å². The number of nitrogens with zero attached hydrogens (tertiary/aromatic N) is 1. The van der Waals surface area contributed by atoms with E-state index in [1.54, 1.807) is 18.2 Å². The van der Waals surface area contributed by atoms with Crippen LogP contribution in [0.3, 0.4) is 0 Å². The number of hydrogen-bond donors (Lipinski definition) is 2. The Morgan fingerprint density at radius 3 is 2.65 bits per heavy atom. The van der Waals surface area contributed by atoms with E-state index in [2.05, 4.69) is 0 Å². The minimum absolute atomic E-state index is 0.0857. The van der Waals surface area contributed by atoms with Crippen molar-refractivity contribution in [3.05, 3.63) is 47.4 Å². The molecule has 8 nitrogen and oxygen atoms in total. The average molecular weight is 359 g/mol. The summed E-state index contributed by atoms with van der Waals surface area (Å²) in [5.41, 5.74) is 0.785. The lowest BCUT2D eigenvalue weighted by Crippen LogP contribution is -2.29. The number of aliphatic carboxylic acids is 1. The number of carbonyl (C=O) groups is 2. The third-order valence-corrected chi connectivity index (χ3v) is 4.78. The van der Waals surface area contributed by atoms with Crippen molar-refractivity contribution in [1.82, 2.24) is 4.90 Å². The Kier molecular flexibility index (Phi) is 4.04. The van der Waals surface area contributed by atoms with Crippen LogP contribution in [0.1, 0.15) is 27.8 Å². The van der Waals surface area contributed by atoms with Gasteiger partial charge in [-0.3, -0.25) is 9.59 Å². The summed E-state index contributed by atoms with van der Waals surface area (Å²) in [5, 5.41) is 18.7. The van der Waals surface area contributed by atoms with Crippen LogP contribution in [0, 0.1) is 5.92 Å². The van der Waals surface area contributed by atoms with Crippen LogP contribution in [0.5, 0.6) is 11.5 Å². The van der Waals surface area contributed by atoms with E-state index in [4.69, 9.17) is 19.0 Å². The molecule has 136 valence electrons. The number of hydrogen-bond acceptors (Lipinski definition) is 6. The van der Waals surface area contributed by atoms with Crippen molar-refractivity contribution in [2.75, 3.05) is 19.9 Å². The number of carboxylic acid groups (broad SMARTS) is 1. The third kappa shape index (κ3) is 2.78. The molecular formula is C18H17NO7. The predicted molar refractivity (Wildman–Crippen MR) is 87.0 cm³/mol. The number of carboxylic acids is 1. The SMILES string of the molecule is O=C(O)[C@@H]1CN(C(=O)c2ccc(CO)o2)C[C@H]1c1ccc2c(c1)OCO2.